The third-order valence-electron chi connectivity index (χ3n) is 3.24. The number of piperidine rings is 1. The Morgan fingerprint density at radius 1 is 1.33 bits per heavy atom. The molecule has 1 fully saturated rings. The fourth-order valence-corrected chi connectivity index (χ4v) is 4.04. The van der Waals surface area contributed by atoms with Gasteiger partial charge in [-0.25, -0.2) is 12.7 Å². The molecule has 0 aromatic rings. The summed E-state index contributed by atoms with van der Waals surface area (Å²) in [4.78, 5) is 35.1. The Bertz CT molecular complexity index is 702. The van der Waals surface area contributed by atoms with E-state index >= 15 is 0 Å². The van der Waals surface area contributed by atoms with Crippen molar-refractivity contribution in [2.24, 2.45) is 0 Å². The molecule has 112 valence electrons. The molecule has 0 saturated carbocycles. The lowest BCUT2D eigenvalue weighted by Crippen LogP contribution is -2.54. The molecule has 1 unspecified atom stereocenters. The van der Waals surface area contributed by atoms with Crippen molar-refractivity contribution in [3.05, 3.63) is 35.3 Å². The van der Waals surface area contributed by atoms with Gasteiger partial charge in [0.15, 0.2) is 0 Å². The molecule has 0 bridgehead atoms. The van der Waals surface area contributed by atoms with E-state index in [1.807, 2.05) is 5.32 Å². The zero-order chi connectivity index (χ0) is 15.8. The second kappa shape index (κ2) is 5.28. The number of allylic oxidation sites excluding steroid dienone is 2. The third-order valence-corrected chi connectivity index (χ3v) is 5.13. The first-order chi connectivity index (χ1) is 9.84. The van der Waals surface area contributed by atoms with Crippen molar-refractivity contribution in [2.75, 3.05) is 0 Å². The van der Waals surface area contributed by atoms with Crippen LogP contribution in [0.4, 0.5) is 0 Å². The number of amides is 3. The number of carbonyl (C=O) groups is 3. The fourth-order valence-electron chi connectivity index (χ4n) is 2.33. The van der Waals surface area contributed by atoms with Gasteiger partial charge >= 0.3 is 0 Å². The first-order valence-electron chi connectivity index (χ1n) is 6.26. The minimum atomic E-state index is -4.13. The molecule has 0 spiro atoms. The summed E-state index contributed by atoms with van der Waals surface area (Å²) < 4.78 is 25.4. The molecular formula is C13H14N2O5S. The second-order valence-corrected chi connectivity index (χ2v) is 6.34. The van der Waals surface area contributed by atoms with Crippen LogP contribution in [0.5, 0.6) is 0 Å². The molecular weight excluding hydrogens is 296 g/mol. The van der Waals surface area contributed by atoms with E-state index in [4.69, 9.17) is 0 Å². The standard InChI is InChI=1S/C13H14N2O5S/c1-3-5-8-10(4-2)21(19,20)15(13(8)18)9-6-7-11(16)14-12(9)17/h3-5,9H,2,6-7H2,1H3,(H,14,16,17)/b5-3-. The van der Waals surface area contributed by atoms with Gasteiger partial charge in [-0.3, -0.25) is 19.7 Å². The van der Waals surface area contributed by atoms with Gasteiger partial charge in [-0.1, -0.05) is 18.7 Å². The summed E-state index contributed by atoms with van der Waals surface area (Å²) in [6, 6.07) is -1.21. The SMILES string of the molecule is C=CC1=C(/C=C\C)C(=O)N(C2CCC(=O)NC2=O)S1(=O)=O. The van der Waals surface area contributed by atoms with Crippen molar-refractivity contribution >= 4 is 27.7 Å². The molecule has 2 aliphatic rings. The van der Waals surface area contributed by atoms with Crippen LogP contribution in [0.1, 0.15) is 19.8 Å². The minimum absolute atomic E-state index is 0.0158. The van der Waals surface area contributed by atoms with Crippen molar-refractivity contribution < 1.29 is 22.8 Å². The van der Waals surface area contributed by atoms with E-state index in [-0.39, 0.29) is 23.3 Å². The zero-order valence-corrected chi connectivity index (χ0v) is 12.1. The molecule has 3 amide bonds. The topological polar surface area (TPSA) is 101 Å². The van der Waals surface area contributed by atoms with E-state index in [2.05, 4.69) is 6.58 Å². The molecule has 0 aliphatic carbocycles. The molecule has 1 N–H and O–H groups in total. The lowest BCUT2D eigenvalue weighted by atomic mass is 10.1. The van der Waals surface area contributed by atoms with Crippen molar-refractivity contribution in [2.45, 2.75) is 25.8 Å². The Hall–Kier alpha value is -2.22. The molecule has 8 heteroatoms. The van der Waals surface area contributed by atoms with Crippen LogP contribution in [0.15, 0.2) is 35.3 Å². The lowest BCUT2D eigenvalue weighted by Gasteiger charge is -2.28. The van der Waals surface area contributed by atoms with Crippen LogP contribution >= 0.6 is 0 Å². The van der Waals surface area contributed by atoms with Gasteiger partial charge < -0.3 is 0 Å². The fraction of sp³-hybridized carbons (Fsp3) is 0.308. The van der Waals surface area contributed by atoms with Crippen molar-refractivity contribution in [1.29, 1.82) is 0 Å². The lowest BCUT2D eigenvalue weighted by molar-refractivity contribution is -0.140. The van der Waals surface area contributed by atoms with Crippen molar-refractivity contribution in [1.82, 2.24) is 9.62 Å². The van der Waals surface area contributed by atoms with Gasteiger partial charge in [0.05, 0.1) is 10.5 Å². The van der Waals surface area contributed by atoms with Gasteiger partial charge in [0, 0.05) is 6.42 Å². The van der Waals surface area contributed by atoms with E-state index in [1.165, 1.54) is 12.2 Å². The van der Waals surface area contributed by atoms with Gasteiger partial charge in [0.25, 0.3) is 21.8 Å². The second-order valence-electron chi connectivity index (χ2n) is 4.55. The number of hydrogen-bond donors (Lipinski definition) is 1. The minimum Gasteiger partial charge on any atom is -0.295 e. The zero-order valence-electron chi connectivity index (χ0n) is 11.3. The number of rotatable bonds is 3. The predicted octanol–water partition coefficient (Wildman–Crippen LogP) is -0.0202. The highest BCUT2D eigenvalue weighted by molar-refractivity contribution is 7.94. The number of nitrogens with zero attached hydrogens (tertiary/aromatic N) is 1. The number of imide groups is 1. The van der Waals surface area contributed by atoms with E-state index in [1.54, 1.807) is 6.92 Å². The van der Waals surface area contributed by atoms with Crippen LogP contribution in [0.2, 0.25) is 0 Å². The van der Waals surface area contributed by atoms with Crippen LogP contribution in [-0.4, -0.2) is 36.5 Å². The van der Waals surface area contributed by atoms with E-state index in [9.17, 15) is 22.8 Å². The molecule has 0 aromatic carbocycles. The van der Waals surface area contributed by atoms with Crippen molar-refractivity contribution in [3.8, 4) is 0 Å². The summed E-state index contributed by atoms with van der Waals surface area (Å²) in [6.45, 7) is 5.05. The van der Waals surface area contributed by atoms with Crippen LogP contribution in [0.25, 0.3) is 0 Å². The van der Waals surface area contributed by atoms with E-state index in [0.29, 0.717) is 4.31 Å². The first kappa shape index (κ1) is 15.2. The average molecular weight is 310 g/mol. The highest BCUT2D eigenvalue weighted by Crippen LogP contribution is 2.33. The van der Waals surface area contributed by atoms with Crippen LogP contribution in [0, 0.1) is 0 Å². The summed E-state index contributed by atoms with van der Waals surface area (Å²) >= 11 is 0. The number of carbonyl (C=O) groups excluding carboxylic acids is 3. The maximum Gasteiger partial charge on any atom is 0.269 e. The first-order valence-corrected chi connectivity index (χ1v) is 7.70. The smallest absolute Gasteiger partial charge is 0.269 e. The van der Waals surface area contributed by atoms with Gasteiger partial charge in [0.1, 0.15) is 6.04 Å². The molecule has 21 heavy (non-hydrogen) atoms. The van der Waals surface area contributed by atoms with Gasteiger partial charge in [-0.05, 0) is 19.4 Å². The summed E-state index contributed by atoms with van der Waals surface area (Å²) in [6.07, 6.45) is 3.93. The normalized spacial score (nSPS) is 25.7. The predicted molar refractivity (Wildman–Crippen MR) is 74.0 cm³/mol. The Labute approximate surface area is 122 Å². The van der Waals surface area contributed by atoms with E-state index < -0.39 is 33.8 Å². The summed E-state index contributed by atoms with van der Waals surface area (Å²) in [5.41, 5.74) is -0.0304. The molecule has 1 atom stereocenters. The maximum atomic E-state index is 12.4. The molecule has 1 saturated heterocycles. The Balaban J connectivity index is 2.49. The highest BCUT2D eigenvalue weighted by atomic mass is 32.2. The van der Waals surface area contributed by atoms with Crippen molar-refractivity contribution in [3.63, 3.8) is 0 Å². The summed E-state index contributed by atoms with van der Waals surface area (Å²) in [5.74, 6) is -2.04. The molecule has 0 radical (unpaired) electrons. The number of nitrogens with one attached hydrogen (secondary N) is 1. The van der Waals surface area contributed by atoms with E-state index in [0.717, 1.165) is 6.08 Å². The van der Waals surface area contributed by atoms with Gasteiger partial charge in [-0.15, -0.1) is 0 Å². The Kier molecular flexibility index (Phi) is 3.82. The molecule has 2 aliphatic heterocycles. The Morgan fingerprint density at radius 2 is 2.00 bits per heavy atom. The average Bonchev–Trinajstić information content (AvgIpc) is 2.58. The highest BCUT2D eigenvalue weighted by Gasteiger charge is 2.48. The molecule has 2 rings (SSSR count). The number of sulfonamides is 1. The Morgan fingerprint density at radius 3 is 2.52 bits per heavy atom. The van der Waals surface area contributed by atoms with Crippen LogP contribution in [0.3, 0.4) is 0 Å². The van der Waals surface area contributed by atoms with Crippen LogP contribution < -0.4 is 5.32 Å². The van der Waals surface area contributed by atoms with Gasteiger partial charge in [-0.2, -0.15) is 0 Å². The van der Waals surface area contributed by atoms with Crippen LogP contribution in [-0.2, 0) is 24.4 Å². The van der Waals surface area contributed by atoms with Gasteiger partial charge in [0.2, 0.25) is 5.91 Å². The third kappa shape index (κ3) is 2.31. The molecule has 2 heterocycles. The maximum absolute atomic E-state index is 12.4. The number of hydrogen-bond acceptors (Lipinski definition) is 5. The largest absolute Gasteiger partial charge is 0.295 e. The molecule has 0 aromatic heterocycles. The quantitative estimate of drug-likeness (QED) is 0.738. The summed E-state index contributed by atoms with van der Waals surface area (Å²) in [7, 11) is -4.13. The molecule has 7 nitrogen and oxygen atoms in total. The summed E-state index contributed by atoms with van der Waals surface area (Å²) in [5, 5.41) is 2.05. The monoisotopic (exact) mass is 310 g/mol.